The van der Waals surface area contributed by atoms with Crippen LogP contribution in [0.1, 0.15) is 44.1 Å². The standard InChI is InChI=1S/C18H24N4O2/c1-4-5-11-19-18(24)15-12-16(20-17(23)13(2)3)22(21-15)14-9-7-6-8-10-14/h6-10,12-13H,4-5,11H2,1-3H3,(H,19,24)(H,20,23). The van der Waals surface area contributed by atoms with E-state index in [4.69, 9.17) is 0 Å². The minimum absolute atomic E-state index is 0.120. The molecule has 0 aliphatic heterocycles. The molecule has 0 aliphatic carbocycles. The van der Waals surface area contributed by atoms with Gasteiger partial charge >= 0.3 is 0 Å². The first-order valence-electron chi connectivity index (χ1n) is 8.27. The van der Waals surface area contributed by atoms with Crippen LogP contribution in [0, 0.1) is 5.92 Å². The van der Waals surface area contributed by atoms with Crippen LogP contribution >= 0.6 is 0 Å². The summed E-state index contributed by atoms with van der Waals surface area (Å²) in [5.41, 5.74) is 1.07. The van der Waals surface area contributed by atoms with E-state index >= 15 is 0 Å². The third-order valence-electron chi connectivity index (χ3n) is 3.53. The molecule has 0 atom stereocenters. The van der Waals surface area contributed by atoms with Crippen molar-refractivity contribution in [2.75, 3.05) is 11.9 Å². The Bertz CT molecular complexity index is 692. The molecule has 2 rings (SSSR count). The second-order valence-electron chi connectivity index (χ2n) is 5.92. The molecular weight excluding hydrogens is 304 g/mol. The molecule has 0 unspecified atom stereocenters. The maximum absolute atomic E-state index is 12.2. The lowest BCUT2D eigenvalue weighted by Crippen LogP contribution is -2.24. The van der Waals surface area contributed by atoms with Gasteiger partial charge in [0.25, 0.3) is 5.91 Å². The largest absolute Gasteiger partial charge is 0.351 e. The second-order valence-corrected chi connectivity index (χ2v) is 5.92. The molecule has 0 aliphatic rings. The van der Waals surface area contributed by atoms with Crippen molar-refractivity contribution in [1.82, 2.24) is 15.1 Å². The van der Waals surface area contributed by atoms with Gasteiger partial charge in [-0.05, 0) is 18.6 Å². The lowest BCUT2D eigenvalue weighted by Gasteiger charge is -2.10. The van der Waals surface area contributed by atoms with Crippen molar-refractivity contribution in [2.24, 2.45) is 5.92 Å². The van der Waals surface area contributed by atoms with Gasteiger partial charge in [0, 0.05) is 18.5 Å². The summed E-state index contributed by atoms with van der Waals surface area (Å²) in [4.78, 5) is 24.3. The van der Waals surface area contributed by atoms with Crippen molar-refractivity contribution >= 4 is 17.6 Å². The average molecular weight is 328 g/mol. The number of unbranched alkanes of at least 4 members (excludes halogenated alkanes) is 1. The minimum Gasteiger partial charge on any atom is -0.351 e. The Hall–Kier alpha value is -2.63. The normalized spacial score (nSPS) is 10.7. The Kier molecular flexibility index (Phi) is 6.12. The van der Waals surface area contributed by atoms with Gasteiger partial charge in [0.05, 0.1) is 5.69 Å². The molecule has 6 heteroatoms. The Morgan fingerprint density at radius 1 is 1.21 bits per heavy atom. The number of carbonyl (C=O) groups excluding carboxylic acids is 2. The highest BCUT2D eigenvalue weighted by atomic mass is 16.2. The quantitative estimate of drug-likeness (QED) is 0.767. The lowest BCUT2D eigenvalue weighted by atomic mass is 10.2. The Labute approximate surface area is 142 Å². The summed E-state index contributed by atoms with van der Waals surface area (Å²) in [6, 6.07) is 11.0. The molecule has 0 saturated heterocycles. The van der Waals surface area contributed by atoms with Gasteiger partial charge in [-0.25, -0.2) is 4.68 Å². The van der Waals surface area contributed by atoms with Crippen LogP contribution in [-0.4, -0.2) is 28.1 Å². The van der Waals surface area contributed by atoms with Crippen molar-refractivity contribution in [3.05, 3.63) is 42.1 Å². The van der Waals surface area contributed by atoms with Crippen LogP contribution in [0.15, 0.2) is 36.4 Å². The monoisotopic (exact) mass is 328 g/mol. The first-order valence-corrected chi connectivity index (χ1v) is 8.27. The van der Waals surface area contributed by atoms with E-state index in [0.717, 1.165) is 18.5 Å². The van der Waals surface area contributed by atoms with Crippen LogP contribution in [0.4, 0.5) is 5.82 Å². The molecule has 0 saturated carbocycles. The fraction of sp³-hybridized carbons (Fsp3) is 0.389. The number of hydrogen-bond donors (Lipinski definition) is 2. The molecule has 0 spiro atoms. The zero-order chi connectivity index (χ0) is 17.5. The summed E-state index contributed by atoms with van der Waals surface area (Å²) >= 11 is 0. The number of nitrogens with zero attached hydrogens (tertiary/aromatic N) is 2. The predicted molar refractivity (Wildman–Crippen MR) is 94.3 cm³/mol. The highest BCUT2D eigenvalue weighted by Gasteiger charge is 2.17. The molecule has 6 nitrogen and oxygen atoms in total. The SMILES string of the molecule is CCCCNC(=O)c1cc(NC(=O)C(C)C)n(-c2ccccc2)n1. The summed E-state index contributed by atoms with van der Waals surface area (Å²) < 4.78 is 1.58. The maximum atomic E-state index is 12.2. The second kappa shape index (κ2) is 8.29. The van der Waals surface area contributed by atoms with Gasteiger partial charge in [0.15, 0.2) is 5.69 Å². The molecule has 0 fully saturated rings. The smallest absolute Gasteiger partial charge is 0.271 e. The van der Waals surface area contributed by atoms with E-state index in [-0.39, 0.29) is 23.4 Å². The number of nitrogens with one attached hydrogen (secondary N) is 2. The molecule has 2 N–H and O–H groups in total. The van der Waals surface area contributed by atoms with Crippen molar-refractivity contribution in [3.63, 3.8) is 0 Å². The van der Waals surface area contributed by atoms with Gasteiger partial charge < -0.3 is 10.6 Å². The number of anilines is 1. The van der Waals surface area contributed by atoms with E-state index in [2.05, 4.69) is 22.7 Å². The third-order valence-corrected chi connectivity index (χ3v) is 3.53. The van der Waals surface area contributed by atoms with Gasteiger partial charge in [-0.1, -0.05) is 45.4 Å². The van der Waals surface area contributed by atoms with E-state index in [0.29, 0.717) is 12.4 Å². The first kappa shape index (κ1) is 17.7. The number of benzene rings is 1. The number of carbonyl (C=O) groups is 2. The molecule has 0 bridgehead atoms. The van der Waals surface area contributed by atoms with Gasteiger partial charge in [-0.3, -0.25) is 9.59 Å². The van der Waals surface area contributed by atoms with Crippen LogP contribution in [0.5, 0.6) is 0 Å². The van der Waals surface area contributed by atoms with Crippen molar-refractivity contribution in [1.29, 1.82) is 0 Å². The Morgan fingerprint density at radius 3 is 2.54 bits per heavy atom. The van der Waals surface area contributed by atoms with E-state index in [1.165, 1.54) is 0 Å². The van der Waals surface area contributed by atoms with Crippen molar-refractivity contribution in [2.45, 2.75) is 33.6 Å². The van der Waals surface area contributed by atoms with Crippen LogP contribution in [0.3, 0.4) is 0 Å². The summed E-state index contributed by atoms with van der Waals surface area (Å²) in [6.45, 7) is 6.31. The first-order chi connectivity index (χ1) is 11.5. The van der Waals surface area contributed by atoms with Crippen LogP contribution in [0.25, 0.3) is 5.69 Å². The third kappa shape index (κ3) is 4.44. The molecule has 2 aromatic rings. The molecule has 24 heavy (non-hydrogen) atoms. The van der Waals surface area contributed by atoms with E-state index in [9.17, 15) is 9.59 Å². The zero-order valence-corrected chi connectivity index (χ0v) is 14.4. The molecule has 2 amide bonds. The average Bonchev–Trinajstić information content (AvgIpc) is 2.99. The minimum atomic E-state index is -0.238. The van der Waals surface area contributed by atoms with Gasteiger partial charge in [0.1, 0.15) is 5.82 Å². The fourth-order valence-electron chi connectivity index (χ4n) is 2.09. The summed E-state index contributed by atoms with van der Waals surface area (Å²) in [7, 11) is 0. The molecule has 1 heterocycles. The summed E-state index contributed by atoms with van der Waals surface area (Å²) in [5.74, 6) is -0.0327. The molecule has 0 radical (unpaired) electrons. The van der Waals surface area contributed by atoms with E-state index < -0.39 is 0 Å². The van der Waals surface area contributed by atoms with Crippen molar-refractivity contribution < 1.29 is 9.59 Å². The summed E-state index contributed by atoms with van der Waals surface area (Å²) in [6.07, 6.45) is 1.93. The van der Waals surface area contributed by atoms with E-state index in [1.54, 1.807) is 10.7 Å². The zero-order valence-electron chi connectivity index (χ0n) is 14.4. The summed E-state index contributed by atoms with van der Waals surface area (Å²) in [5, 5.41) is 10.0. The van der Waals surface area contributed by atoms with Gasteiger partial charge in [-0.2, -0.15) is 5.10 Å². The maximum Gasteiger partial charge on any atom is 0.271 e. The molecule has 128 valence electrons. The topological polar surface area (TPSA) is 76.0 Å². The van der Waals surface area contributed by atoms with Gasteiger partial charge in [-0.15, -0.1) is 0 Å². The van der Waals surface area contributed by atoms with Crippen LogP contribution in [0.2, 0.25) is 0 Å². The molecular formula is C18H24N4O2. The van der Waals surface area contributed by atoms with Crippen molar-refractivity contribution in [3.8, 4) is 5.69 Å². The Balaban J connectivity index is 2.29. The number of hydrogen-bond acceptors (Lipinski definition) is 3. The predicted octanol–water partition coefficient (Wildman–Crippen LogP) is 3.00. The van der Waals surface area contributed by atoms with Gasteiger partial charge in [0.2, 0.25) is 5.91 Å². The number of rotatable bonds is 7. The lowest BCUT2D eigenvalue weighted by molar-refractivity contribution is -0.118. The highest BCUT2D eigenvalue weighted by Crippen LogP contribution is 2.18. The van der Waals surface area contributed by atoms with Crippen LogP contribution in [-0.2, 0) is 4.79 Å². The fourth-order valence-corrected chi connectivity index (χ4v) is 2.09. The number of para-hydroxylation sites is 1. The van der Waals surface area contributed by atoms with Crippen LogP contribution < -0.4 is 10.6 Å². The number of amides is 2. The van der Waals surface area contributed by atoms with E-state index in [1.807, 2.05) is 44.2 Å². The highest BCUT2D eigenvalue weighted by molar-refractivity contribution is 5.96. The molecule has 1 aromatic carbocycles. The Morgan fingerprint density at radius 2 is 1.92 bits per heavy atom. The molecule has 1 aromatic heterocycles. The number of aromatic nitrogens is 2.